The maximum Gasteiger partial charge on any atom is 0.216 e. The van der Waals surface area contributed by atoms with Crippen molar-refractivity contribution < 1.29 is 0 Å². The van der Waals surface area contributed by atoms with Crippen LogP contribution in [0.1, 0.15) is 0 Å². The number of aryl methyl sites for hydroxylation is 1. The quantitative estimate of drug-likeness (QED) is 0.566. The van der Waals surface area contributed by atoms with Gasteiger partial charge in [-0.2, -0.15) is 0 Å². The van der Waals surface area contributed by atoms with Gasteiger partial charge in [0.2, 0.25) is 10.1 Å². The molecule has 0 aromatic carbocycles. The highest BCUT2D eigenvalue weighted by Gasteiger charge is 2.13. The van der Waals surface area contributed by atoms with Crippen LogP contribution in [-0.2, 0) is 7.05 Å². The molecule has 0 aliphatic carbocycles. The highest BCUT2D eigenvalue weighted by atomic mass is 32.2. The van der Waals surface area contributed by atoms with Crippen molar-refractivity contribution in [2.24, 2.45) is 7.05 Å². The Morgan fingerprint density at radius 2 is 2.29 bits per heavy atom. The number of aromatic nitrogens is 8. The zero-order valence-electron chi connectivity index (χ0n) is 10.8. The van der Waals surface area contributed by atoms with Crippen LogP contribution in [0.15, 0.2) is 40.2 Å². The Kier molecular flexibility index (Phi) is 2.89. The third-order valence-corrected chi connectivity index (χ3v) is 4.74. The minimum atomic E-state index is 0.694. The standard InChI is InChI=1S/C11H8N8S2/c1-18-10(14-16-17-18)21-11-15-19-6-8(13-9(19)20-11)7-3-2-4-12-5-7/h2-6H,1H3. The largest absolute Gasteiger partial charge is 0.264 e. The predicted molar refractivity (Wildman–Crippen MR) is 77.0 cm³/mol. The minimum absolute atomic E-state index is 0.694. The van der Waals surface area contributed by atoms with Gasteiger partial charge in [-0.1, -0.05) is 11.3 Å². The summed E-state index contributed by atoms with van der Waals surface area (Å²) in [4.78, 5) is 9.49. The van der Waals surface area contributed by atoms with Gasteiger partial charge in [0, 0.05) is 25.0 Å². The highest BCUT2D eigenvalue weighted by Crippen LogP contribution is 2.30. The summed E-state index contributed by atoms with van der Waals surface area (Å²) < 4.78 is 4.21. The van der Waals surface area contributed by atoms with Gasteiger partial charge in [-0.15, -0.1) is 10.2 Å². The Hall–Kier alpha value is -2.33. The SMILES string of the molecule is Cn1nnnc1Sc1nn2cc(-c3cccnc3)nc2s1. The minimum Gasteiger partial charge on any atom is -0.264 e. The first-order chi connectivity index (χ1) is 10.3. The van der Waals surface area contributed by atoms with Gasteiger partial charge in [0.15, 0.2) is 4.34 Å². The van der Waals surface area contributed by atoms with E-state index >= 15 is 0 Å². The number of tetrazole rings is 1. The van der Waals surface area contributed by atoms with Crippen molar-refractivity contribution >= 4 is 28.1 Å². The monoisotopic (exact) mass is 316 g/mol. The summed E-state index contributed by atoms with van der Waals surface area (Å²) in [5.74, 6) is 0. The van der Waals surface area contributed by atoms with E-state index in [0.717, 1.165) is 20.6 Å². The van der Waals surface area contributed by atoms with Crippen LogP contribution in [0.5, 0.6) is 0 Å². The molecule has 21 heavy (non-hydrogen) atoms. The number of pyridine rings is 1. The lowest BCUT2D eigenvalue weighted by molar-refractivity contribution is 0.664. The van der Waals surface area contributed by atoms with E-state index < -0.39 is 0 Å². The first kappa shape index (κ1) is 12.4. The molecule has 4 aromatic heterocycles. The first-order valence-corrected chi connectivity index (χ1v) is 7.60. The highest BCUT2D eigenvalue weighted by molar-refractivity contribution is 8.01. The second-order valence-corrected chi connectivity index (χ2v) is 6.32. The van der Waals surface area contributed by atoms with E-state index in [9.17, 15) is 0 Å². The summed E-state index contributed by atoms with van der Waals surface area (Å²) in [6.07, 6.45) is 5.42. The molecule has 8 nitrogen and oxygen atoms in total. The molecule has 0 aliphatic heterocycles. The topological polar surface area (TPSA) is 86.7 Å². The second kappa shape index (κ2) is 4.90. The second-order valence-electron chi connectivity index (χ2n) is 4.15. The summed E-state index contributed by atoms with van der Waals surface area (Å²) in [6, 6.07) is 3.86. The van der Waals surface area contributed by atoms with Crippen molar-refractivity contribution in [2.45, 2.75) is 9.50 Å². The Balaban J connectivity index is 1.66. The summed E-state index contributed by atoms with van der Waals surface area (Å²) in [5.41, 5.74) is 1.83. The van der Waals surface area contributed by atoms with E-state index in [1.165, 1.54) is 23.1 Å². The van der Waals surface area contributed by atoms with Crippen molar-refractivity contribution in [1.82, 2.24) is 39.8 Å². The van der Waals surface area contributed by atoms with E-state index in [2.05, 4.69) is 30.6 Å². The van der Waals surface area contributed by atoms with Crippen LogP contribution < -0.4 is 0 Å². The number of hydrogen-bond donors (Lipinski definition) is 0. The van der Waals surface area contributed by atoms with Gasteiger partial charge in [-0.05, 0) is 34.3 Å². The zero-order chi connectivity index (χ0) is 14.2. The Morgan fingerprint density at radius 3 is 3.00 bits per heavy atom. The molecule has 0 unspecified atom stereocenters. The summed E-state index contributed by atoms with van der Waals surface area (Å²) in [5, 5.41) is 16.5. The molecule has 0 saturated heterocycles. The van der Waals surface area contributed by atoms with Gasteiger partial charge in [0.05, 0.1) is 11.9 Å². The van der Waals surface area contributed by atoms with Gasteiger partial charge in [-0.3, -0.25) is 4.98 Å². The lowest BCUT2D eigenvalue weighted by Crippen LogP contribution is -1.92. The van der Waals surface area contributed by atoms with Crippen molar-refractivity contribution in [2.75, 3.05) is 0 Å². The number of imidazole rings is 1. The summed E-state index contributed by atoms with van der Waals surface area (Å²) in [6.45, 7) is 0. The average molecular weight is 316 g/mol. The van der Waals surface area contributed by atoms with Gasteiger partial charge in [0.25, 0.3) is 0 Å². The molecule has 4 rings (SSSR count). The number of rotatable bonds is 3. The van der Waals surface area contributed by atoms with Crippen molar-refractivity contribution in [3.8, 4) is 11.3 Å². The molecule has 10 heteroatoms. The van der Waals surface area contributed by atoms with E-state index in [1.807, 2.05) is 18.3 Å². The number of hydrogen-bond acceptors (Lipinski definition) is 8. The van der Waals surface area contributed by atoms with Crippen LogP contribution in [-0.4, -0.2) is 39.8 Å². The maximum absolute atomic E-state index is 4.56. The smallest absolute Gasteiger partial charge is 0.216 e. The molecule has 0 atom stereocenters. The van der Waals surface area contributed by atoms with Gasteiger partial charge in [0.1, 0.15) is 0 Å². The molecule has 4 aromatic rings. The number of nitrogens with zero attached hydrogens (tertiary/aromatic N) is 8. The van der Waals surface area contributed by atoms with Gasteiger partial charge >= 0.3 is 0 Å². The normalized spacial score (nSPS) is 11.3. The van der Waals surface area contributed by atoms with E-state index in [0.29, 0.717) is 5.16 Å². The molecule has 0 saturated carbocycles. The maximum atomic E-state index is 4.56. The fraction of sp³-hybridized carbons (Fsp3) is 0.0909. The molecule has 0 amide bonds. The average Bonchev–Trinajstić information content (AvgIpc) is 3.16. The van der Waals surface area contributed by atoms with Crippen molar-refractivity contribution in [1.29, 1.82) is 0 Å². The van der Waals surface area contributed by atoms with Crippen LogP contribution in [0.3, 0.4) is 0 Å². The fourth-order valence-corrected chi connectivity index (χ4v) is 3.52. The van der Waals surface area contributed by atoms with Gasteiger partial charge in [-0.25, -0.2) is 14.2 Å². The predicted octanol–water partition coefficient (Wildman–Crippen LogP) is 1.53. The molecular weight excluding hydrogens is 308 g/mol. The van der Waals surface area contributed by atoms with Gasteiger partial charge < -0.3 is 0 Å². The lowest BCUT2D eigenvalue weighted by Gasteiger charge is -1.93. The third kappa shape index (κ3) is 2.28. The Labute approximate surface area is 126 Å². The molecule has 0 bridgehead atoms. The molecule has 0 N–H and O–H groups in total. The van der Waals surface area contributed by atoms with Crippen LogP contribution in [0.25, 0.3) is 16.2 Å². The number of fused-ring (bicyclic) bond motifs is 1. The molecule has 0 spiro atoms. The van der Waals surface area contributed by atoms with Crippen LogP contribution in [0.4, 0.5) is 0 Å². The van der Waals surface area contributed by atoms with Crippen LogP contribution in [0, 0.1) is 0 Å². The van der Waals surface area contributed by atoms with Crippen molar-refractivity contribution in [3.05, 3.63) is 30.7 Å². The Morgan fingerprint density at radius 1 is 1.33 bits per heavy atom. The fourth-order valence-electron chi connectivity index (χ4n) is 1.76. The molecule has 0 fully saturated rings. The molecular formula is C11H8N8S2. The van der Waals surface area contributed by atoms with Crippen LogP contribution in [0.2, 0.25) is 0 Å². The molecule has 0 radical (unpaired) electrons. The lowest BCUT2D eigenvalue weighted by atomic mass is 10.2. The van der Waals surface area contributed by atoms with Crippen LogP contribution >= 0.6 is 23.1 Å². The third-order valence-electron chi connectivity index (χ3n) is 2.74. The zero-order valence-corrected chi connectivity index (χ0v) is 12.4. The summed E-state index contributed by atoms with van der Waals surface area (Å²) >= 11 is 2.91. The molecule has 104 valence electrons. The summed E-state index contributed by atoms with van der Waals surface area (Å²) in [7, 11) is 1.79. The molecule has 0 aliphatic rings. The van der Waals surface area contributed by atoms with E-state index in [-0.39, 0.29) is 0 Å². The first-order valence-electron chi connectivity index (χ1n) is 5.96. The van der Waals surface area contributed by atoms with E-state index in [1.54, 1.807) is 28.6 Å². The molecule has 4 heterocycles. The van der Waals surface area contributed by atoms with Crippen molar-refractivity contribution in [3.63, 3.8) is 0 Å². The van der Waals surface area contributed by atoms with E-state index in [4.69, 9.17) is 0 Å². The Bertz CT molecular complexity index is 862.